The van der Waals surface area contributed by atoms with Crippen LogP contribution in [0.2, 0.25) is 0 Å². The Morgan fingerprint density at radius 3 is 2.43 bits per heavy atom. The molecule has 8 heterocycles. The molecule has 21 heteroatoms. The van der Waals surface area contributed by atoms with E-state index in [0.717, 1.165) is 83.4 Å². The molecule has 20 nitrogen and oxygen atoms in total. The maximum absolute atomic E-state index is 14.3. The van der Waals surface area contributed by atoms with Crippen molar-refractivity contribution >= 4 is 87.1 Å². The van der Waals surface area contributed by atoms with Gasteiger partial charge in [0.05, 0.1) is 45.9 Å². The lowest BCUT2D eigenvalue weighted by Gasteiger charge is -2.48. The molecule has 5 aromatic rings. The summed E-state index contributed by atoms with van der Waals surface area (Å²) in [4.78, 5) is 119. The average Bonchev–Trinajstić information content (AvgIpc) is 4.22. The van der Waals surface area contributed by atoms with E-state index in [4.69, 9.17) is 10.7 Å². The van der Waals surface area contributed by atoms with Crippen LogP contribution in [0.3, 0.4) is 0 Å². The number of anilines is 6. The number of carbonyl (C=O) groups excluding carboxylic acids is 7. The number of aliphatic hydroxyl groups is 1. The Balaban J connectivity index is 0.784. The molecule has 1 aliphatic carbocycles. The van der Waals surface area contributed by atoms with Gasteiger partial charge in [-0.1, -0.05) is 20.4 Å². The number of amides is 7. The van der Waals surface area contributed by atoms with Gasteiger partial charge in [0.15, 0.2) is 11.5 Å². The summed E-state index contributed by atoms with van der Waals surface area (Å²) in [6, 6.07) is 11.9. The Labute approximate surface area is 461 Å². The van der Waals surface area contributed by atoms with Gasteiger partial charge in [0.1, 0.15) is 11.9 Å². The summed E-state index contributed by atoms with van der Waals surface area (Å²) in [6.07, 6.45) is 9.88. The molecule has 11 rings (SSSR count). The molecule has 5 aliphatic heterocycles. The number of nitrogens with zero attached hydrogens (tertiary/aromatic N) is 9. The smallest absolute Gasteiger partial charge is 0.271 e. The average molecular weight is 1090 g/mol. The second kappa shape index (κ2) is 20.7. The number of piperazine rings is 1. The number of fused-ring (bicyclic) bond motifs is 4. The van der Waals surface area contributed by atoms with E-state index in [9.17, 15) is 38.7 Å². The Bertz CT molecular complexity index is 3410. The normalized spacial score (nSPS) is 22.2. The summed E-state index contributed by atoms with van der Waals surface area (Å²) >= 11 is 1.58. The van der Waals surface area contributed by atoms with Crippen LogP contribution in [0.4, 0.5) is 34.4 Å². The van der Waals surface area contributed by atoms with Crippen molar-refractivity contribution in [3.8, 4) is 11.3 Å². The molecule has 79 heavy (non-hydrogen) atoms. The number of aliphatic hydroxyl groups excluding tert-OH is 1. The highest BCUT2D eigenvalue weighted by Crippen LogP contribution is 2.47. The van der Waals surface area contributed by atoms with E-state index >= 15 is 0 Å². The number of nitrogens with one attached hydrogen (secondary N) is 2. The van der Waals surface area contributed by atoms with E-state index in [-0.39, 0.29) is 70.8 Å². The molecule has 2 unspecified atom stereocenters. The standard InChI is InChI=1S/C58H64N12O8S/c1-7-46(72)63-42-26-33(62-52-48(51(59)74)61-28-43(64-52)36-16-20-60-53(41(36)30-71)69-22-18-37-38-9-8-19-58(4,5)50(38)79-49(37)57(69)78)10-13-44(42)68-24-23-66(29-32(68)3)34-17-21-67(31(2)25-34)35-11-12-39-40(27-35)55(76)70(54(39)75)45-14-15-47(73)65(6)56(45)77/h7,10-13,16,20,26-28,31-32,34,45,71H,1,8-9,14-15,17-19,21-25,29-30H2,2-6H3,(H2,59,74)(H,62,64)(H,63,72)/t31-,32-,34?,45?/m0/s1. The Hall–Kier alpha value is -7.88. The van der Waals surface area contributed by atoms with Gasteiger partial charge in [0.25, 0.3) is 29.5 Å². The molecule has 0 radical (unpaired) electrons. The largest absolute Gasteiger partial charge is 0.392 e. The molecule has 4 atom stereocenters. The summed E-state index contributed by atoms with van der Waals surface area (Å²) in [5.74, 6) is -2.94. The number of likely N-dealkylation sites (tertiary alicyclic amines) is 1. The van der Waals surface area contributed by atoms with Crippen LogP contribution in [0.15, 0.2) is 67.5 Å². The second-order valence-electron chi connectivity index (χ2n) is 22.2. The number of aromatic nitrogens is 3. The maximum atomic E-state index is 14.3. The molecule has 2 aromatic carbocycles. The first-order chi connectivity index (χ1) is 37.9. The van der Waals surface area contributed by atoms with Crippen LogP contribution in [-0.4, -0.2) is 140 Å². The quantitative estimate of drug-likeness (QED) is 0.0804. The van der Waals surface area contributed by atoms with Gasteiger partial charge in [0.2, 0.25) is 11.8 Å². The fourth-order valence-electron chi connectivity index (χ4n) is 12.8. The molecule has 3 fully saturated rings. The van der Waals surface area contributed by atoms with Crippen LogP contribution >= 0.6 is 11.3 Å². The first-order valence-corrected chi connectivity index (χ1v) is 27.9. The number of thiophene rings is 1. The van der Waals surface area contributed by atoms with Gasteiger partial charge < -0.3 is 31.3 Å². The maximum Gasteiger partial charge on any atom is 0.271 e. The summed E-state index contributed by atoms with van der Waals surface area (Å²) in [7, 11) is 1.38. The van der Waals surface area contributed by atoms with Crippen molar-refractivity contribution in [3.63, 3.8) is 0 Å². The third-order valence-electron chi connectivity index (χ3n) is 16.9. The van der Waals surface area contributed by atoms with Crippen LogP contribution in [0.25, 0.3) is 11.3 Å². The summed E-state index contributed by atoms with van der Waals surface area (Å²) in [5, 5.41) is 17.1. The van der Waals surface area contributed by atoms with Crippen LogP contribution in [0.1, 0.15) is 129 Å². The molecule has 3 saturated heterocycles. The number of hydrogen-bond donors (Lipinski definition) is 4. The first kappa shape index (κ1) is 53.1. The van der Waals surface area contributed by atoms with Gasteiger partial charge in [-0.2, -0.15) is 0 Å². The zero-order valence-electron chi connectivity index (χ0n) is 45.0. The lowest BCUT2D eigenvalue weighted by molar-refractivity contribution is -0.149. The van der Waals surface area contributed by atoms with Gasteiger partial charge in [0, 0.05) is 97.9 Å². The number of piperidine rings is 2. The number of likely N-dealkylation sites (N-methyl/N-ethyl adjacent to an activating group) is 1. The third kappa shape index (κ3) is 9.39. The fraction of sp³-hybridized carbons (Fsp3) is 0.414. The molecular formula is C58H64N12O8S. The van der Waals surface area contributed by atoms with Gasteiger partial charge >= 0.3 is 0 Å². The Kier molecular flexibility index (Phi) is 13.9. The predicted octanol–water partition coefficient (Wildman–Crippen LogP) is 6.19. The molecular weight excluding hydrogens is 1020 g/mol. The van der Waals surface area contributed by atoms with Crippen LogP contribution < -0.4 is 31.1 Å². The third-order valence-corrected chi connectivity index (χ3v) is 18.5. The van der Waals surface area contributed by atoms with Crippen molar-refractivity contribution in [1.29, 1.82) is 0 Å². The highest BCUT2D eigenvalue weighted by atomic mass is 32.1. The van der Waals surface area contributed by atoms with E-state index in [1.807, 2.05) is 18.2 Å². The molecule has 0 bridgehead atoms. The molecule has 0 spiro atoms. The summed E-state index contributed by atoms with van der Waals surface area (Å²) in [5.41, 5.74) is 12.4. The van der Waals surface area contributed by atoms with Crippen molar-refractivity contribution in [1.82, 2.24) is 29.7 Å². The topological polar surface area (TPSA) is 248 Å². The first-order valence-electron chi connectivity index (χ1n) is 27.0. The van der Waals surface area contributed by atoms with Gasteiger partial charge in [-0.3, -0.25) is 53.2 Å². The summed E-state index contributed by atoms with van der Waals surface area (Å²) < 4.78 is 0. The van der Waals surface area contributed by atoms with E-state index in [1.54, 1.807) is 46.7 Å². The van der Waals surface area contributed by atoms with E-state index in [1.165, 1.54) is 29.8 Å². The minimum Gasteiger partial charge on any atom is -0.392 e. The zero-order valence-corrected chi connectivity index (χ0v) is 45.8. The predicted molar refractivity (Wildman–Crippen MR) is 300 cm³/mol. The SMILES string of the molecule is C=CC(=O)Nc1cc(Nc2nc(-c3ccnc(N4CCc5c(sc6c5CCCC6(C)C)C4=O)c3CO)cnc2C(N)=O)ccc1N1CCN(C2CCN(c3ccc4c(c3)C(=O)N(C3CCC(=O)N(C)C3=O)C4=O)[C@@H](C)C2)C[C@@H]1C. The van der Waals surface area contributed by atoms with Crippen molar-refractivity contribution in [2.24, 2.45) is 5.73 Å². The van der Waals surface area contributed by atoms with Crippen molar-refractivity contribution in [2.75, 3.05) is 65.1 Å². The lowest BCUT2D eigenvalue weighted by atomic mass is 9.76. The van der Waals surface area contributed by atoms with Crippen LogP contribution in [0, 0.1) is 0 Å². The number of nitrogens with two attached hydrogens (primary N) is 1. The minimum atomic E-state index is -1.01. The zero-order chi connectivity index (χ0) is 55.8. The highest BCUT2D eigenvalue weighted by Gasteiger charge is 2.47. The van der Waals surface area contributed by atoms with Crippen LogP contribution in [0.5, 0.6) is 0 Å². The molecule has 7 amide bonds. The Morgan fingerprint density at radius 1 is 0.886 bits per heavy atom. The minimum absolute atomic E-state index is 0.00332. The molecule has 0 saturated carbocycles. The van der Waals surface area contributed by atoms with E-state index < -0.39 is 42.2 Å². The van der Waals surface area contributed by atoms with E-state index in [2.05, 4.69) is 69.6 Å². The molecule has 5 N–H and O–H groups in total. The van der Waals surface area contributed by atoms with Crippen molar-refractivity contribution in [2.45, 2.75) is 115 Å². The second-order valence-corrected chi connectivity index (χ2v) is 23.2. The van der Waals surface area contributed by atoms with Gasteiger partial charge in [-0.05, 0) is 124 Å². The number of benzene rings is 2. The number of pyridine rings is 1. The lowest BCUT2D eigenvalue weighted by Crippen LogP contribution is -2.58. The fourth-order valence-corrected chi connectivity index (χ4v) is 14.3. The molecule has 6 aliphatic rings. The number of carbonyl (C=O) groups is 7. The van der Waals surface area contributed by atoms with Crippen molar-refractivity contribution in [3.05, 3.63) is 111 Å². The molecule has 3 aromatic heterocycles. The van der Waals surface area contributed by atoms with E-state index in [0.29, 0.717) is 53.5 Å². The van der Waals surface area contributed by atoms with Gasteiger partial charge in [-0.15, -0.1) is 11.3 Å². The number of primary amides is 1. The van der Waals surface area contributed by atoms with Gasteiger partial charge in [-0.25, -0.2) is 15.0 Å². The number of hydrogen-bond acceptors (Lipinski definition) is 16. The van der Waals surface area contributed by atoms with Crippen LogP contribution in [-0.2, 0) is 39.2 Å². The molecule has 410 valence electrons. The highest BCUT2D eigenvalue weighted by molar-refractivity contribution is 7.14. The monoisotopic (exact) mass is 1090 g/mol. The van der Waals surface area contributed by atoms with Crippen molar-refractivity contribution < 1.29 is 38.7 Å². The summed E-state index contributed by atoms with van der Waals surface area (Å²) in [6.45, 7) is 15.3. The number of rotatable bonds is 12. The number of imide groups is 2. The Morgan fingerprint density at radius 2 is 1.68 bits per heavy atom.